The first-order valence-electron chi connectivity index (χ1n) is 7.01. The van der Waals surface area contributed by atoms with Crippen molar-refractivity contribution in [2.45, 2.75) is 13.0 Å². The van der Waals surface area contributed by atoms with E-state index in [1.54, 1.807) is 25.1 Å². The van der Waals surface area contributed by atoms with Crippen molar-refractivity contribution in [2.75, 3.05) is 12.4 Å². The molecule has 0 bridgehead atoms. The minimum atomic E-state index is -0.719. The highest BCUT2D eigenvalue weighted by Crippen LogP contribution is 2.22. The van der Waals surface area contributed by atoms with Crippen LogP contribution in [0.3, 0.4) is 0 Å². The van der Waals surface area contributed by atoms with Gasteiger partial charge in [0.25, 0.3) is 5.91 Å². The summed E-state index contributed by atoms with van der Waals surface area (Å²) in [6, 6.07) is 11.7. The number of carbonyl (C=O) groups is 2. The molecule has 126 valence electrons. The Balaban J connectivity index is 2.05. The summed E-state index contributed by atoms with van der Waals surface area (Å²) in [6.07, 6.45) is -0.719. The largest absolute Gasteiger partial charge is 0.481 e. The third-order valence-electron chi connectivity index (χ3n) is 3.13. The summed E-state index contributed by atoms with van der Waals surface area (Å²) >= 11 is 9.28. The van der Waals surface area contributed by atoms with Gasteiger partial charge in [0.1, 0.15) is 5.75 Å². The van der Waals surface area contributed by atoms with E-state index in [2.05, 4.69) is 26.0 Å². The van der Waals surface area contributed by atoms with Gasteiger partial charge in [0.15, 0.2) is 6.10 Å². The smallest absolute Gasteiger partial charge is 0.339 e. The van der Waals surface area contributed by atoms with E-state index in [1.807, 2.05) is 12.1 Å². The Kier molecular flexibility index (Phi) is 6.23. The number of methoxy groups -OCH3 is 1. The number of carbonyl (C=O) groups excluding carboxylic acids is 2. The second kappa shape index (κ2) is 8.17. The molecule has 2 rings (SSSR count). The Labute approximate surface area is 153 Å². The van der Waals surface area contributed by atoms with Crippen LogP contribution in [0.4, 0.5) is 5.69 Å². The van der Waals surface area contributed by atoms with Crippen molar-refractivity contribution in [1.29, 1.82) is 0 Å². The van der Waals surface area contributed by atoms with Gasteiger partial charge in [-0.2, -0.15) is 0 Å². The van der Waals surface area contributed by atoms with Crippen LogP contribution in [0.25, 0.3) is 0 Å². The molecule has 0 saturated heterocycles. The summed E-state index contributed by atoms with van der Waals surface area (Å²) in [5.74, 6) is -0.349. The zero-order valence-corrected chi connectivity index (χ0v) is 15.3. The van der Waals surface area contributed by atoms with Crippen molar-refractivity contribution >= 4 is 45.1 Å². The van der Waals surface area contributed by atoms with Crippen LogP contribution in [0.1, 0.15) is 17.3 Å². The molecule has 2 aromatic rings. The highest BCUT2D eigenvalue weighted by molar-refractivity contribution is 9.10. The van der Waals surface area contributed by atoms with Crippen molar-refractivity contribution in [3.8, 4) is 5.75 Å². The van der Waals surface area contributed by atoms with E-state index < -0.39 is 12.1 Å². The second-order valence-electron chi connectivity index (χ2n) is 4.89. The van der Waals surface area contributed by atoms with Crippen molar-refractivity contribution in [3.05, 3.63) is 57.5 Å². The molecule has 0 aliphatic rings. The molecule has 7 heteroatoms. The van der Waals surface area contributed by atoms with Crippen molar-refractivity contribution in [1.82, 2.24) is 0 Å². The fraction of sp³-hybridized carbons (Fsp3) is 0.176. The van der Waals surface area contributed by atoms with E-state index in [0.29, 0.717) is 11.4 Å². The first-order chi connectivity index (χ1) is 11.4. The molecule has 0 aromatic heterocycles. The number of halogens is 2. The second-order valence-corrected chi connectivity index (χ2v) is 6.21. The molecule has 0 saturated carbocycles. The Morgan fingerprint density at radius 1 is 1.17 bits per heavy atom. The lowest BCUT2D eigenvalue weighted by Crippen LogP contribution is -2.30. The van der Waals surface area contributed by atoms with E-state index in [-0.39, 0.29) is 16.5 Å². The molecule has 24 heavy (non-hydrogen) atoms. The number of amides is 1. The predicted octanol–water partition coefficient (Wildman–Crippen LogP) is 4.30. The van der Waals surface area contributed by atoms with E-state index in [9.17, 15) is 9.59 Å². The van der Waals surface area contributed by atoms with E-state index in [1.165, 1.54) is 19.2 Å². The van der Waals surface area contributed by atoms with Crippen LogP contribution in [-0.2, 0) is 9.53 Å². The molecule has 0 spiro atoms. The number of hydrogen-bond acceptors (Lipinski definition) is 4. The number of rotatable bonds is 5. The van der Waals surface area contributed by atoms with E-state index in [0.717, 1.165) is 4.47 Å². The van der Waals surface area contributed by atoms with Gasteiger partial charge in [-0.1, -0.05) is 27.5 Å². The first-order valence-corrected chi connectivity index (χ1v) is 8.18. The minimum absolute atomic E-state index is 0.179. The minimum Gasteiger partial charge on any atom is -0.481 e. The molecule has 5 nitrogen and oxygen atoms in total. The molecule has 2 aromatic carbocycles. The van der Waals surface area contributed by atoms with Gasteiger partial charge in [-0.3, -0.25) is 4.79 Å². The number of esters is 1. The Morgan fingerprint density at radius 2 is 1.83 bits per heavy atom. The van der Waals surface area contributed by atoms with Crippen LogP contribution >= 0.6 is 27.5 Å². The molecular weight excluding hydrogens is 398 g/mol. The van der Waals surface area contributed by atoms with Crippen molar-refractivity contribution < 1.29 is 19.1 Å². The van der Waals surface area contributed by atoms with Gasteiger partial charge < -0.3 is 14.8 Å². The van der Waals surface area contributed by atoms with Gasteiger partial charge in [0, 0.05) is 10.2 Å². The maximum Gasteiger partial charge on any atom is 0.339 e. The van der Waals surface area contributed by atoms with Gasteiger partial charge in [0.2, 0.25) is 0 Å². The third kappa shape index (κ3) is 4.72. The molecule has 1 atom stereocenters. The van der Waals surface area contributed by atoms with Crippen LogP contribution < -0.4 is 10.1 Å². The van der Waals surface area contributed by atoms with Gasteiger partial charge in [-0.05, 0) is 49.4 Å². The first kappa shape index (κ1) is 18.3. The summed E-state index contributed by atoms with van der Waals surface area (Å²) in [7, 11) is 1.26. The highest BCUT2D eigenvalue weighted by Gasteiger charge is 2.17. The molecule has 0 aliphatic heterocycles. The zero-order chi connectivity index (χ0) is 17.7. The fourth-order valence-electron chi connectivity index (χ4n) is 1.88. The quantitative estimate of drug-likeness (QED) is 0.744. The van der Waals surface area contributed by atoms with Gasteiger partial charge in [-0.25, -0.2) is 4.79 Å². The molecule has 0 fully saturated rings. The van der Waals surface area contributed by atoms with Crippen LogP contribution in [0.5, 0.6) is 5.75 Å². The predicted molar refractivity (Wildman–Crippen MR) is 95.7 cm³/mol. The molecule has 0 heterocycles. The summed E-state index contributed by atoms with van der Waals surface area (Å²) in [5.41, 5.74) is 0.606. The standard InChI is InChI=1S/C17H15BrClNO4/c1-10(24-13-6-3-11(18)4-7-13)16(21)20-12-5-8-15(19)14(9-12)17(22)23-2/h3-10H,1-2H3,(H,20,21)/t10-/m1/s1. The number of ether oxygens (including phenoxy) is 2. The zero-order valence-electron chi connectivity index (χ0n) is 13.0. The average Bonchev–Trinajstić information content (AvgIpc) is 2.57. The van der Waals surface area contributed by atoms with Crippen molar-refractivity contribution in [2.24, 2.45) is 0 Å². The van der Waals surface area contributed by atoms with Gasteiger partial charge in [0.05, 0.1) is 17.7 Å². The maximum atomic E-state index is 12.2. The molecule has 0 aliphatic carbocycles. The lowest BCUT2D eigenvalue weighted by Gasteiger charge is -2.15. The number of nitrogens with one attached hydrogen (secondary N) is 1. The van der Waals surface area contributed by atoms with Gasteiger partial charge >= 0.3 is 5.97 Å². The number of anilines is 1. The lowest BCUT2D eigenvalue weighted by atomic mass is 10.2. The number of hydrogen-bond donors (Lipinski definition) is 1. The van der Waals surface area contributed by atoms with Crippen LogP contribution in [-0.4, -0.2) is 25.1 Å². The monoisotopic (exact) mass is 411 g/mol. The Bertz CT molecular complexity index is 749. The van der Waals surface area contributed by atoms with Gasteiger partial charge in [-0.15, -0.1) is 0 Å². The maximum absolute atomic E-state index is 12.2. The topological polar surface area (TPSA) is 64.6 Å². The van der Waals surface area contributed by atoms with Crippen LogP contribution in [0, 0.1) is 0 Å². The van der Waals surface area contributed by atoms with Crippen molar-refractivity contribution in [3.63, 3.8) is 0 Å². The normalized spacial score (nSPS) is 11.5. The molecule has 0 unspecified atom stereocenters. The Morgan fingerprint density at radius 3 is 2.46 bits per heavy atom. The third-order valence-corrected chi connectivity index (χ3v) is 3.99. The summed E-state index contributed by atoms with van der Waals surface area (Å²) in [6.45, 7) is 1.63. The number of benzene rings is 2. The van der Waals surface area contributed by atoms with Crippen LogP contribution in [0.15, 0.2) is 46.9 Å². The molecular formula is C17H15BrClNO4. The lowest BCUT2D eigenvalue weighted by molar-refractivity contribution is -0.122. The summed E-state index contributed by atoms with van der Waals surface area (Å²) in [5, 5.41) is 2.93. The Hall–Kier alpha value is -2.05. The fourth-order valence-corrected chi connectivity index (χ4v) is 2.34. The summed E-state index contributed by atoms with van der Waals surface area (Å²) < 4.78 is 11.1. The SMILES string of the molecule is COC(=O)c1cc(NC(=O)[C@@H](C)Oc2ccc(Br)cc2)ccc1Cl. The molecule has 1 amide bonds. The average molecular weight is 413 g/mol. The highest BCUT2D eigenvalue weighted by atomic mass is 79.9. The van der Waals surface area contributed by atoms with E-state index >= 15 is 0 Å². The van der Waals surface area contributed by atoms with E-state index in [4.69, 9.17) is 16.3 Å². The molecule has 1 N–H and O–H groups in total. The summed E-state index contributed by atoms with van der Waals surface area (Å²) in [4.78, 5) is 23.9. The molecule has 0 radical (unpaired) electrons. The van der Waals surface area contributed by atoms with Crippen LogP contribution in [0.2, 0.25) is 5.02 Å².